The van der Waals surface area contributed by atoms with Crippen molar-refractivity contribution in [3.05, 3.63) is 25.3 Å². The van der Waals surface area contributed by atoms with Gasteiger partial charge in [-0.05, 0) is 12.8 Å². The molecule has 0 unspecified atom stereocenters. The second-order valence-electron chi connectivity index (χ2n) is 6.00. The van der Waals surface area contributed by atoms with Crippen LogP contribution >= 0.6 is 0 Å². The molecule has 0 amide bonds. The lowest BCUT2D eigenvalue weighted by molar-refractivity contribution is -0.232. The van der Waals surface area contributed by atoms with Crippen LogP contribution in [-0.2, 0) is 14.3 Å². The van der Waals surface area contributed by atoms with Crippen LogP contribution in [0.3, 0.4) is 0 Å². The number of ether oxygens (including phenoxy) is 2. The summed E-state index contributed by atoms with van der Waals surface area (Å²) < 4.78 is 11.6. The molecule has 1 saturated heterocycles. The van der Waals surface area contributed by atoms with Gasteiger partial charge in [-0.1, -0.05) is 32.9 Å². The van der Waals surface area contributed by atoms with E-state index in [2.05, 4.69) is 13.2 Å². The summed E-state index contributed by atoms with van der Waals surface area (Å²) in [6, 6.07) is 0. The first-order valence-corrected chi connectivity index (χ1v) is 6.36. The first-order valence-electron chi connectivity index (χ1n) is 6.36. The van der Waals surface area contributed by atoms with Gasteiger partial charge in [0.1, 0.15) is 0 Å². The Bertz CT molecular complexity index is 353. The van der Waals surface area contributed by atoms with E-state index in [9.17, 15) is 4.79 Å². The van der Waals surface area contributed by atoms with Crippen LogP contribution in [0.4, 0.5) is 0 Å². The molecule has 0 saturated carbocycles. The van der Waals surface area contributed by atoms with E-state index in [1.807, 2.05) is 27.7 Å². The minimum atomic E-state index is -0.905. The number of allylic oxidation sites excluding steroid dienone is 1. The molecule has 1 aliphatic heterocycles. The molecule has 0 aromatic rings. The second kappa shape index (κ2) is 4.88. The van der Waals surface area contributed by atoms with Gasteiger partial charge < -0.3 is 9.47 Å². The fourth-order valence-electron chi connectivity index (χ4n) is 1.96. The largest absolute Gasteiger partial charge is 0.431 e. The number of hydrogen-bond acceptors (Lipinski definition) is 3. The smallest absolute Gasteiger partial charge is 0.341 e. The summed E-state index contributed by atoms with van der Waals surface area (Å²) in [7, 11) is 0. The number of esters is 1. The van der Waals surface area contributed by atoms with Crippen LogP contribution in [0.25, 0.3) is 0 Å². The van der Waals surface area contributed by atoms with E-state index in [1.54, 1.807) is 12.2 Å². The topological polar surface area (TPSA) is 35.5 Å². The van der Waals surface area contributed by atoms with Crippen molar-refractivity contribution >= 4 is 5.97 Å². The number of carbonyl (C=O) groups is 1. The third kappa shape index (κ3) is 2.51. The lowest BCUT2D eigenvalue weighted by Gasteiger charge is -2.37. The van der Waals surface area contributed by atoms with Crippen molar-refractivity contribution in [1.29, 1.82) is 0 Å². The maximum absolute atomic E-state index is 12.2. The molecule has 1 heterocycles. The zero-order chi connectivity index (χ0) is 14.0. The van der Waals surface area contributed by atoms with Crippen LogP contribution in [-0.4, -0.2) is 17.4 Å². The minimum absolute atomic E-state index is 0.278. The summed E-state index contributed by atoms with van der Waals surface area (Å²) in [6.07, 6.45) is 5.24. The van der Waals surface area contributed by atoms with Crippen molar-refractivity contribution in [2.24, 2.45) is 5.41 Å². The molecular formula is C15H24O3. The Morgan fingerprint density at radius 3 is 2.28 bits per heavy atom. The third-order valence-corrected chi connectivity index (χ3v) is 3.64. The van der Waals surface area contributed by atoms with Gasteiger partial charge in [0.25, 0.3) is 0 Å². The van der Waals surface area contributed by atoms with Gasteiger partial charge in [-0.2, -0.15) is 0 Å². The van der Waals surface area contributed by atoms with Gasteiger partial charge in [0.15, 0.2) is 5.60 Å². The monoisotopic (exact) mass is 252 g/mol. The molecule has 0 aromatic carbocycles. The summed E-state index contributed by atoms with van der Waals surface area (Å²) in [5.41, 5.74) is -1.18. The Morgan fingerprint density at radius 1 is 1.28 bits per heavy atom. The second-order valence-corrected chi connectivity index (χ2v) is 6.00. The van der Waals surface area contributed by atoms with E-state index in [-0.39, 0.29) is 11.4 Å². The fraction of sp³-hybridized carbons (Fsp3) is 0.667. The van der Waals surface area contributed by atoms with Crippen LogP contribution < -0.4 is 0 Å². The summed E-state index contributed by atoms with van der Waals surface area (Å²) in [6.45, 7) is 15.2. The quantitative estimate of drug-likeness (QED) is 0.554. The van der Waals surface area contributed by atoms with E-state index in [4.69, 9.17) is 9.47 Å². The SMILES string of the molecule is C=CCC[C@@]1(CC=C)O[C@@](C)(C(C)(C)C)OC1=O. The normalized spacial score (nSPS) is 32.1. The molecule has 1 rings (SSSR count). The number of rotatable bonds is 5. The first-order chi connectivity index (χ1) is 8.21. The van der Waals surface area contributed by atoms with Gasteiger partial charge in [0, 0.05) is 18.8 Å². The molecule has 1 aliphatic rings. The molecule has 3 nitrogen and oxygen atoms in total. The van der Waals surface area contributed by atoms with E-state index < -0.39 is 11.4 Å². The molecule has 1 fully saturated rings. The van der Waals surface area contributed by atoms with E-state index in [0.717, 1.165) is 0 Å². The van der Waals surface area contributed by atoms with Crippen molar-refractivity contribution in [2.75, 3.05) is 0 Å². The van der Waals surface area contributed by atoms with Gasteiger partial charge in [-0.3, -0.25) is 0 Å². The Kier molecular flexibility index (Phi) is 4.06. The van der Waals surface area contributed by atoms with E-state index in [0.29, 0.717) is 19.3 Å². The van der Waals surface area contributed by atoms with Gasteiger partial charge in [0.05, 0.1) is 0 Å². The molecule has 0 radical (unpaired) electrons. The predicted octanol–water partition coefficient (Wildman–Crippen LogP) is 3.60. The highest BCUT2D eigenvalue weighted by Gasteiger charge is 2.59. The summed E-state index contributed by atoms with van der Waals surface area (Å²) >= 11 is 0. The lowest BCUT2D eigenvalue weighted by atomic mass is 9.86. The standard InChI is InChI=1S/C15H24O3/c1-7-9-11-15(10-8-2)12(16)17-14(6,18-15)13(3,4)5/h7-8H,1-2,9-11H2,3-6H3/t14-,15+/m0/s1. The molecule has 102 valence electrons. The summed E-state index contributed by atoms with van der Waals surface area (Å²) in [4.78, 5) is 12.2. The highest BCUT2D eigenvalue weighted by Crippen LogP contribution is 2.46. The maximum atomic E-state index is 12.2. The highest BCUT2D eigenvalue weighted by atomic mass is 16.8. The first kappa shape index (κ1) is 15.0. The average molecular weight is 252 g/mol. The van der Waals surface area contributed by atoms with Crippen molar-refractivity contribution in [2.45, 2.75) is 58.3 Å². The highest BCUT2D eigenvalue weighted by molar-refractivity contribution is 5.82. The molecule has 2 atom stereocenters. The number of cyclic esters (lactones) is 1. The minimum Gasteiger partial charge on any atom is -0.431 e. The van der Waals surface area contributed by atoms with Crippen LogP contribution in [0, 0.1) is 5.41 Å². The Labute approximate surface area is 110 Å². The van der Waals surface area contributed by atoms with Crippen molar-refractivity contribution in [3.63, 3.8) is 0 Å². The predicted molar refractivity (Wildman–Crippen MR) is 72.0 cm³/mol. The van der Waals surface area contributed by atoms with E-state index >= 15 is 0 Å². The Balaban J connectivity index is 3.03. The maximum Gasteiger partial charge on any atom is 0.341 e. The number of carbonyl (C=O) groups excluding carboxylic acids is 1. The zero-order valence-electron chi connectivity index (χ0n) is 11.9. The van der Waals surface area contributed by atoms with Crippen molar-refractivity contribution < 1.29 is 14.3 Å². The molecule has 0 N–H and O–H groups in total. The fourth-order valence-corrected chi connectivity index (χ4v) is 1.96. The molecule has 18 heavy (non-hydrogen) atoms. The van der Waals surface area contributed by atoms with Crippen LogP contribution in [0.2, 0.25) is 0 Å². The molecule has 0 aromatic heterocycles. The number of hydrogen-bond donors (Lipinski definition) is 0. The van der Waals surface area contributed by atoms with Crippen LogP contribution in [0.5, 0.6) is 0 Å². The lowest BCUT2D eigenvalue weighted by Crippen LogP contribution is -2.43. The van der Waals surface area contributed by atoms with Gasteiger partial charge in [0.2, 0.25) is 5.79 Å². The third-order valence-electron chi connectivity index (χ3n) is 3.64. The van der Waals surface area contributed by atoms with Gasteiger partial charge in [-0.15, -0.1) is 13.2 Å². The van der Waals surface area contributed by atoms with Crippen molar-refractivity contribution in [3.8, 4) is 0 Å². The molecular weight excluding hydrogens is 228 g/mol. The molecule has 0 bridgehead atoms. The van der Waals surface area contributed by atoms with E-state index in [1.165, 1.54) is 0 Å². The average Bonchev–Trinajstić information content (AvgIpc) is 2.49. The Morgan fingerprint density at radius 2 is 1.89 bits per heavy atom. The van der Waals surface area contributed by atoms with Gasteiger partial charge >= 0.3 is 5.97 Å². The molecule has 0 aliphatic carbocycles. The Hall–Kier alpha value is -1.09. The van der Waals surface area contributed by atoms with Crippen molar-refractivity contribution in [1.82, 2.24) is 0 Å². The zero-order valence-corrected chi connectivity index (χ0v) is 11.9. The molecule has 0 spiro atoms. The van der Waals surface area contributed by atoms with Crippen LogP contribution in [0.15, 0.2) is 25.3 Å². The molecule has 3 heteroatoms. The van der Waals surface area contributed by atoms with Gasteiger partial charge in [-0.25, -0.2) is 4.79 Å². The summed E-state index contributed by atoms with van der Waals surface area (Å²) in [5, 5.41) is 0. The summed E-state index contributed by atoms with van der Waals surface area (Å²) in [5.74, 6) is -1.18. The van der Waals surface area contributed by atoms with Crippen LogP contribution in [0.1, 0.15) is 47.0 Å².